The number of hydrogen-bond acceptors (Lipinski definition) is 10. The van der Waals surface area contributed by atoms with Crippen molar-refractivity contribution in [1.29, 1.82) is 0 Å². The predicted molar refractivity (Wildman–Crippen MR) is 143 cm³/mol. The van der Waals surface area contributed by atoms with Gasteiger partial charge in [0.25, 0.3) is 11.8 Å². The molecule has 40 heavy (non-hydrogen) atoms. The molecule has 0 bridgehead atoms. The minimum Gasteiger partial charge on any atom is -0.493 e. The number of hydrazine groups is 2. The third-order valence-corrected chi connectivity index (χ3v) is 5.37. The van der Waals surface area contributed by atoms with Crippen LogP contribution in [0.1, 0.15) is 12.8 Å². The van der Waals surface area contributed by atoms with E-state index in [2.05, 4.69) is 42.1 Å². The molecule has 0 spiro atoms. The molecular weight excluding hydrogens is 571 g/mol. The number of nitrogens with one attached hydrogen (secondary N) is 4. The first-order valence-electron chi connectivity index (χ1n) is 10.9. The summed E-state index contributed by atoms with van der Waals surface area (Å²) in [5.74, 6) is 5.78. The fourth-order valence-electron chi connectivity index (χ4n) is 3.13. The number of nitrogens with zero attached hydrogens (tertiary/aromatic N) is 4. The molecule has 10 N–H and O–H groups in total. The number of rotatable bonds is 6. The Labute approximate surface area is 233 Å². The normalized spacial score (nSPS) is 11.1. The molecule has 2 heterocycles. The van der Waals surface area contributed by atoms with Gasteiger partial charge in [-0.05, 0) is 36.4 Å². The Morgan fingerprint density at radius 2 is 1.12 bits per heavy atom. The monoisotopic (exact) mass is 590 g/mol. The van der Waals surface area contributed by atoms with E-state index in [1.807, 2.05) is 0 Å². The highest BCUT2D eigenvalue weighted by Crippen LogP contribution is 2.38. The lowest BCUT2D eigenvalue weighted by Gasteiger charge is -1.95. The molecule has 2 aromatic carbocycles. The van der Waals surface area contributed by atoms with Gasteiger partial charge in [-0.1, -0.05) is 23.2 Å². The summed E-state index contributed by atoms with van der Waals surface area (Å²) in [6.07, 6.45) is -1.05. The number of fused-ring (bicyclic) bond motifs is 2. The fraction of sp³-hybridized carbons (Fsp3) is 0.0909. The third kappa shape index (κ3) is 7.58. The van der Waals surface area contributed by atoms with Gasteiger partial charge < -0.3 is 20.2 Å². The number of benzene rings is 2. The van der Waals surface area contributed by atoms with Gasteiger partial charge in [-0.15, -0.1) is 20.5 Å². The lowest BCUT2D eigenvalue weighted by atomic mass is 10.2. The molecule has 4 rings (SSSR count). The summed E-state index contributed by atoms with van der Waals surface area (Å²) in [6.45, 7) is 0. The third-order valence-electron chi connectivity index (χ3n) is 4.90. The van der Waals surface area contributed by atoms with Crippen LogP contribution in [0.4, 0.5) is 11.4 Å². The van der Waals surface area contributed by atoms with Crippen LogP contribution in [0.25, 0.3) is 21.8 Å². The van der Waals surface area contributed by atoms with Crippen LogP contribution in [0.15, 0.2) is 56.9 Å². The van der Waals surface area contributed by atoms with Crippen LogP contribution in [-0.2, 0) is 19.2 Å². The first-order valence-corrected chi connectivity index (χ1v) is 11.7. The number of aromatic nitrogens is 2. The second-order valence-corrected chi connectivity index (χ2v) is 8.57. The van der Waals surface area contributed by atoms with Gasteiger partial charge in [0, 0.05) is 20.8 Å². The Kier molecular flexibility index (Phi) is 9.82. The summed E-state index contributed by atoms with van der Waals surface area (Å²) in [5, 5.41) is 35.9. The van der Waals surface area contributed by atoms with E-state index in [1.54, 1.807) is 47.2 Å². The van der Waals surface area contributed by atoms with E-state index in [9.17, 15) is 29.4 Å². The maximum atomic E-state index is 12.0. The van der Waals surface area contributed by atoms with E-state index in [0.717, 1.165) is 0 Å². The molecule has 2 aromatic heterocycles. The number of aromatic hydroxyl groups is 2. The first kappa shape index (κ1) is 29.7. The quantitative estimate of drug-likeness (QED) is 0.0541. The molecule has 4 aromatic rings. The summed E-state index contributed by atoms with van der Waals surface area (Å²) in [7, 11) is 0. The first-order chi connectivity index (χ1) is 19.0. The van der Waals surface area contributed by atoms with Gasteiger partial charge in [0.15, 0.2) is 11.4 Å². The Hall–Kier alpha value is -4.90. The number of H-pyrrole nitrogens is 2. The van der Waals surface area contributed by atoms with Crippen LogP contribution in [0.5, 0.6) is 11.8 Å². The van der Waals surface area contributed by atoms with Crippen LogP contribution in [0.3, 0.4) is 0 Å². The van der Waals surface area contributed by atoms with Crippen LogP contribution in [0, 0.1) is 0 Å². The minimum atomic E-state index is -0.897. The Bertz CT molecular complexity index is 1540. The van der Waals surface area contributed by atoms with Crippen molar-refractivity contribution in [3.63, 3.8) is 0 Å². The summed E-state index contributed by atoms with van der Waals surface area (Å²) < 4.78 is 0. The molecule has 0 fully saturated rings. The standard InChI is InChI=1S/C19H12Cl2N6O4.C3H8N4O2/c20-8-1-3-12-10(5-8)16(18(30)22-12)26-24-14(28)7-15(29)25-27-17-11-6-9(21)2-4-13(11)23-19(17)31;4-6-2(8)1-3(9)7-5/h1-6,22-23,30-31H,7H2;1,4-5H2,(H,6,8)(H,7,9). The van der Waals surface area contributed by atoms with E-state index in [0.29, 0.717) is 31.9 Å². The zero-order chi connectivity index (χ0) is 29.4. The largest absolute Gasteiger partial charge is 0.493 e. The van der Waals surface area contributed by atoms with Gasteiger partial charge in [-0.3, -0.25) is 30.0 Å². The number of aromatic amines is 2. The smallest absolute Gasteiger partial charge is 0.274 e. The highest BCUT2D eigenvalue weighted by Gasteiger charge is 2.15. The molecule has 0 aliphatic rings. The summed E-state index contributed by atoms with van der Waals surface area (Å²) >= 11 is 11.9. The van der Waals surface area contributed by atoms with E-state index in [4.69, 9.17) is 23.2 Å². The van der Waals surface area contributed by atoms with Crippen LogP contribution in [-0.4, -0.2) is 43.8 Å². The van der Waals surface area contributed by atoms with Crippen molar-refractivity contribution >= 4 is 80.0 Å². The molecule has 208 valence electrons. The zero-order valence-corrected chi connectivity index (χ0v) is 21.6. The van der Waals surface area contributed by atoms with Gasteiger partial charge >= 0.3 is 0 Å². The van der Waals surface area contributed by atoms with E-state index >= 15 is 0 Å². The molecular formula is C22H20Cl2N10O6. The van der Waals surface area contributed by atoms with E-state index < -0.39 is 30.0 Å². The lowest BCUT2D eigenvalue weighted by molar-refractivity contribution is -0.130. The molecule has 0 unspecified atom stereocenters. The van der Waals surface area contributed by atoms with Gasteiger partial charge in [0.1, 0.15) is 12.8 Å². The SMILES string of the molecule is NNC(=O)CC(=O)NN.O=C(CC(=O)N=Nc1c(O)[nH]c2ccc(Cl)cc12)N=Nc1c(O)[nH]c2ccc(Cl)cc12. The number of azo groups is 2. The average molecular weight is 591 g/mol. The summed E-state index contributed by atoms with van der Waals surface area (Å²) in [4.78, 5) is 49.8. The van der Waals surface area contributed by atoms with E-state index in [1.165, 1.54) is 0 Å². The number of halogens is 2. The van der Waals surface area contributed by atoms with Crippen LogP contribution in [0.2, 0.25) is 10.0 Å². The highest BCUT2D eigenvalue weighted by atomic mass is 35.5. The molecule has 18 heteroatoms. The number of carbonyl (C=O) groups excluding carboxylic acids is 4. The van der Waals surface area contributed by atoms with Crippen LogP contribution < -0.4 is 22.5 Å². The van der Waals surface area contributed by atoms with Gasteiger partial charge in [0.2, 0.25) is 23.6 Å². The lowest BCUT2D eigenvalue weighted by Crippen LogP contribution is -2.37. The van der Waals surface area contributed by atoms with Gasteiger partial charge in [-0.2, -0.15) is 0 Å². The molecule has 0 aliphatic carbocycles. The number of hydrogen-bond donors (Lipinski definition) is 8. The molecule has 0 saturated heterocycles. The average Bonchev–Trinajstić information content (AvgIpc) is 3.39. The highest BCUT2D eigenvalue weighted by molar-refractivity contribution is 6.32. The van der Waals surface area contributed by atoms with Gasteiger partial charge in [-0.25, -0.2) is 11.7 Å². The van der Waals surface area contributed by atoms with Crippen molar-refractivity contribution < 1.29 is 29.4 Å². The number of carbonyl (C=O) groups is 4. The van der Waals surface area contributed by atoms with Crippen LogP contribution >= 0.6 is 23.2 Å². The molecule has 0 atom stereocenters. The minimum absolute atomic E-state index is 0.0144. The molecule has 0 aliphatic heterocycles. The maximum Gasteiger partial charge on any atom is 0.274 e. The maximum absolute atomic E-state index is 12.0. The Morgan fingerprint density at radius 3 is 1.50 bits per heavy atom. The summed E-state index contributed by atoms with van der Waals surface area (Å²) in [5.41, 5.74) is 4.67. The van der Waals surface area contributed by atoms with Crippen molar-refractivity contribution in [3.8, 4) is 11.8 Å². The molecule has 4 amide bonds. The van der Waals surface area contributed by atoms with Crippen molar-refractivity contribution in [2.45, 2.75) is 12.8 Å². The predicted octanol–water partition coefficient (Wildman–Crippen LogP) is 3.03. The summed E-state index contributed by atoms with van der Waals surface area (Å²) in [6, 6.07) is 9.60. The second kappa shape index (κ2) is 13.3. The molecule has 0 saturated carbocycles. The Balaban J connectivity index is 0.000000424. The second-order valence-electron chi connectivity index (χ2n) is 7.70. The fourth-order valence-corrected chi connectivity index (χ4v) is 3.48. The van der Waals surface area contributed by atoms with Gasteiger partial charge in [0.05, 0.1) is 11.0 Å². The topological polar surface area (TPSA) is 266 Å². The van der Waals surface area contributed by atoms with Crippen molar-refractivity contribution in [2.75, 3.05) is 0 Å². The molecule has 0 radical (unpaired) electrons. The number of nitrogens with two attached hydrogens (primary N) is 2. The molecule has 16 nitrogen and oxygen atoms in total. The van der Waals surface area contributed by atoms with Crippen molar-refractivity contribution in [1.82, 2.24) is 20.8 Å². The van der Waals surface area contributed by atoms with Crippen molar-refractivity contribution in [2.24, 2.45) is 32.1 Å². The number of amides is 4. The van der Waals surface area contributed by atoms with Crippen molar-refractivity contribution in [3.05, 3.63) is 46.4 Å². The van der Waals surface area contributed by atoms with E-state index in [-0.39, 0.29) is 29.6 Å². The zero-order valence-electron chi connectivity index (χ0n) is 20.1. The Morgan fingerprint density at radius 1 is 0.725 bits per heavy atom.